The van der Waals surface area contributed by atoms with E-state index in [9.17, 15) is 4.79 Å². The molecule has 3 fully saturated rings. The van der Waals surface area contributed by atoms with E-state index in [0.717, 1.165) is 52.4 Å². The highest BCUT2D eigenvalue weighted by Crippen LogP contribution is 2.40. The molecule has 5 heteroatoms. The summed E-state index contributed by atoms with van der Waals surface area (Å²) in [6.45, 7) is 7.38. The zero-order chi connectivity index (χ0) is 13.3. The number of ether oxygens (including phenoxy) is 2. The molecular formula is C14H24N2O3. The van der Waals surface area contributed by atoms with Crippen molar-refractivity contribution in [3.05, 3.63) is 0 Å². The first kappa shape index (κ1) is 13.3. The van der Waals surface area contributed by atoms with Gasteiger partial charge in [0.2, 0.25) is 5.91 Å². The van der Waals surface area contributed by atoms with Crippen molar-refractivity contribution in [1.29, 1.82) is 0 Å². The number of carbonyl (C=O) groups excluding carboxylic acids is 1. The molecule has 3 aliphatic rings. The van der Waals surface area contributed by atoms with Gasteiger partial charge in [-0.15, -0.1) is 0 Å². The van der Waals surface area contributed by atoms with Gasteiger partial charge in [0.15, 0.2) is 0 Å². The Morgan fingerprint density at radius 3 is 2.95 bits per heavy atom. The first-order valence-corrected chi connectivity index (χ1v) is 7.30. The Kier molecular flexibility index (Phi) is 3.78. The second kappa shape index (κ2) is 5.38. The molecular weight excluding hydrogens is 244 g/mol. The number of hydrogen-bond acceptors (Lipinski definition) is 4. The van der Waals surface area contributed by atoms with E-state index in [2.05, 4.69) is 4.90 Å². The van der Waals surface area contributed by atoms with E-state index in [0.29, 0.717) is 17.9 Å². The summed E-state index contributed by atoms with van der Waals surface area (Å²) in [6, 6.07) is 0. The van der Waals surface area contributed by atoms with E-state index in [1.165, 1.54) is 6.42 Å². The second-order valence-corrected chi connectivity index (χ2v) is 6.27. The molecule has 1 atom stereocenters. The fourth-order valence-electron chi connectivity index (χ4n) is 3.60. The van der Waals surface area contributed by atoms with Crippen molar-refractivity contribution in [2.75, 3.05) is 59.7 Å². The fourth-order valence-corrected chi connectivity index (χ4v) is 3.60. The van der Waals surface area contributed by atoms with Crippen molar-refractivity contribution in [1.82, 2.24) is 9.80 Å². The van der Waals surface area contributed by atoms with Crippen LogP contribution in [0.2, 0.25) is 0 Å². The Labute approximate surface area is 114 Å². The number of carbonyl (C=O) groups is 1. The maximum absolute atomic E-state index is 12.2. The zero-order valence-corrected chi connectivity index (χ0v) is 11.8. The molecule has 3 saturated heterocycles. The normalized spacial score (nSPS) is 29.9. The molecule has 1 amide bonds. The molecule has 0 aliphatic carbocycles. The number of nitrogens with zero attached hydrogens (tertiary/aromatic N) is 2. The predicted octanol–water partition coefficient (Wildman–Crippen LogP) is 0.204. The van der Waals surface area contributed by atoms with E-state index in [4.69, 9.17) is 9.47 Å². The number of hydrogen-bond donors (Lipinski definition) is 0. The molecule has 3 rings (SSSR count). The molecule has 0 saturated carbocycles. The highest BCUT2D eigenvalue weighted by molar-refractivity contribution is 5.80. The van der Waals surface area contributed by atoms with Gasteiger partial charge >= 0.3 is 0 Å². The first-order chi connectivity index (χ1) is 9.22. The number of methoxy groups -OCH3 is 1. The molecule has 19 heavy (non-hydrogen) atoms. The molecule has 0 aromatic heterocycles. The van der Waals surface area contributed by atoms with Gasteiger partial charge < -0.3 is 19.3 Å². The number of rotatable bonds is 4. The second-order valence-electron chi connectivity index (χ2n) is 6.27. The minimum absolute atomic E-state index is 0.128. The van der Waals surface area contributed by atoms with Crippen LogP contribution in [0.5, 0.6) is 0 Å². The highest BCUT2D eigenvalue weighted by Gasteiger charge is 2.50. The van der Waals surface area contributed by atoms with Crippen molar-refractivity contribution < 1.29 is 14.3 Å². The smallest absolute Gasteiger partial charge is 0.228 e. The van der Waals surface area contributed by atoms with Gasteiger partial charge in [0, 0.05) is 45.3 Å². The Hall–Kier alpha value is -0.650. The minimum Gasteiger partial charge on any atom is -0.383 e. The lowest BCUT2D eigenvalue weighted by Gasteiger charge is -2.49. The molecule has 0 bridgehead atoms. The topological polar surface area (TPSA) is 42.0 Å². The van der Waals surface area contributed by atoms with E-state index in [-0.39, 0.29) is 5.92 Å². The average Bonchev–Trinajstić information content (AvgIpc) is 3.03. The van der Waals surface area contributed by atoms with Crippen LogP contribution in [0.25, 0.3) is 0 Å². The Morgan fingerprint density at radius 2 is 2.26 bits per heavy atom. The monoisotopic (exact) mass is 268 g/mol. The van der Waals surface area contributed by atoms with Gasteiger partial charge in [0.05, 0.1) is 19.1 Å². The highest BCUT2D eigenvalue weighted by atomic mass is 16.5. The molecule has 108 valence electrons. The molecule has 0 aromatic carbocycles. The maximum atomic E-state index is 12.2. The fraction of sp³-hybridized carbons (Fsp3) is 0.929. The largest absolute Gasteiger partial charge is 0.383 e. The molecule has 0 radical (unpaired) electrons. The summed E-state index contributed by atoms with van der Waals surface area (Å²) in [5, 5.41) is 0. The summed E-state index contributed by atoms with van der Waals surface area (Å²) < 4.78 is 10.4. The Morgan fingerprint density at radius 1 is 1.42 bits per heavy atom. The third-order valence-corrected chi connectivity index (χ3v) is 4.77. The predicted molar refractivity (Wildman–Crippen MR) is 70.9 cm³/mol. The standard InChI is InChI=1S/C14H24N2O3/c1-18-7-5-15-4-3-14(9-15)10-16(11-14)13(17)12-2-6-19-8-12/h12H,2-11H2,1H3/t12-/m0/s1. The maximum Gasteiger partial charge on any atom is 0.228 e. The van der Waals surface area contributed by atoms with E-state index in [1.54, 1.807) is 7.11 Å². The lowest BCUT2D eigenvalue weighted by atomic mass is 9.78. The molecule has 3 aliphatic heterocycles. The summed E-state index contributed by atoms with van der Waals surface area (Å²) in [5.41, 5.74) is 0.378. The SMILES string of the molecule is COCCN1CCC2(C1)CN(C(=O)[C@H]1CCOC1)C2. The first-order valence-electron chi connectivity index (χ1n) is 7.30. The van der Waals surface area contributed by atoms with Gasteiger partial charge in [-0.3, -0.25) is 4.79 Å². The van der Waals surface area contributed by atoms with E-state index >= 15 is 0 Å². The minimum atomic E-state index is 0.128. The summed E-state index contributed by atoms with van der Waals surface area (Å²) in [7, 11) is 1.75. The van der Waals surface area contributed by atoms with Crippen LogP contribution in [0.1, 0.15) is 12.8 Å². The van der Waals surface area contributed by atoms with Gasteiger partial charge in [-0.1, -0.05) is 0 Å². The van der Waals surface area contributed by atoms with Crippen LogP contribution in [0.4, 0.5) is 0 Å². The number of likely N-dealkylation sites (tertiary alicyclic amines) is 2. The van der Waals surface area contributed by atoms with Crippen molar-refractivity contribution >= 4 is 5.91 Å². The van der Waals surface area contributed by atoms with Gasteiger partial charge in [0.1, 0.15) is 0 Å². The third-order valence-electron chi connectivity index (χ3n) is 4.77. The van der Waals surface area contributed by atoms with Crippen LogP contribution in [-0.2, 0) is 14.3 Å². The van der Waals surface area contributed by atoms with Crippen LogP contribution in [0.3, 0.4) is 0 Å². The Balaban J connectivity index is 1.45. The van der Waals surface area contributed by atoms with Crippen molar-refractivity contribution in [3.8, 4) is 0 Å². The van der Waals surface area contributed by atoms with Gasteiger partial charge in [-0.25, -0.2) is 0 Å². The Bertz CT molecular complexity index is 336. The van der Waals surface area contributed by atoms with E-state index < -0.39 is 0 Å². The third kappa shape index (κ3) is 2.64. The molecule has 1 spiro atoms. The van der Waals surface area contributed by atoms with Crippen molar-refractivity contribution in [2.45, 2.75) is 12.8 Å². The quantitative estimate of drug-likeness (QED) is 0.731. The summed E-state index contributed by atoms with van der Waals surface area (Å²) >= 11 is 0. The van der Waals surface area contributed by atoms with Crippen LogP contribution in [0, 0.1) is 11.3 Å². The number of amides is 1. The van der Waals surface area contributed by atoms with Crippen LogP contribution in [0.15, 0.2) is 0 Å². The van der Waals surface area contributed by atoms with Crippen molar-refractivity contribution in [2.24, 2.45) is 11.3 Å². The lowest BCUT2D eigenvalue weighted by Crippen LogP contribution is -2.60. The molecule has 0 aromatic rings. The van der Waals surface area contributed by atoms with Gasteiger partial charge in [-0.2, -0.15) is 0 Å². The average molecular weight is 268 g/mol. The van der Waals surface area contributed by atoms with E-state index in [1.807, 2.05) is 4.90 Å². The van der Waals surface area contributed by atoms with Crippen LogP contribution in [-0.4, -0.2) is 75.4 Å². The molecule has 0 unspecified atom stereocenters. The lowest BCUT2D eigenvalue weighted by molar-refractivity contribution is -0.147. The molecule has 3 heterocycles. The van der Waals surface area contributed by atoms with Gasteiger partial charge in [-0.05, 0) is 19.4 Å². The summed E-state index contributed by atoms with van der Waals surface area (Å²) in [6.07, 6.45) is 2.13. The summed E-state index contributed by atoms with van der Waals surface area (Å²) in [4.78, 5) is 16.7. The van der Waals surface area contributed by atoms with Crippen LogP contribution < -0.4 is 0 Å². The van der Waals surface area contributed by atoms with Crippen LogP contribution >= 0.6 is 0 Å². The molecule has 5 nitrogen and oxygen atoms in total. The van der Waals surface area contributed by atoms with Crippen molar-refractivity contribution in [3.63, 3.8) is 0 Å². The summed E-state index contributed by atoms with van der Waals surface area (Å²) in [5.74, 6) is 0.446. The zero-order valence-electron chi connectivity index (χ0n) is 11.8. The van der Waals surface area contributed by atoms with Gasteiger partial charge in [0.25, 0.3) is 0 Å². The molecule has 0 N–H and O–H groups in total.